The Morgan fingerprint density at radius 1 is 1.29 bits per heavy atom. The Morgan fingerprint density at radius 2 is 2.00 bits per heavy atom. The number of benzene rings is 1. The maximum Gasteiger partial charge on any atom is 0.288 e. The lowest BCUT2D eigenvalue weighted by molar-refractivity contribution is 0.189. The molecule has 0 fully saturated rings. The first-order valence-electron chi connectivity index (χ1n) is 7.13. The molecular formula is C15H16N4O4S. The van der Waals surface area contributed by atoms with Gasteiger partial charge in [0, 0.05) is 19.0 Å². The van der Waals surface area contributed by atoms with E-state index in [-0.39, 0.29) is 39.7 Å². The summed E-state index contributed by atoms with van der Waals surface area (Å²) in [6.45, 7) is 0.525. The molecule has 0 unspecified atom stereocenters. The lowest BCUT2D eigenvalue weighted by Crippen LogP contribution is -2.15. The van der Waals surface area contributed by atoms with Crippen molar-refractivity contribution in [2.24, 2.45) is 0 Å². The minimum Gasteiger partial charge on any atom is -0.384 e. The summed E-state index contributed by atoms with van der Waals surface area (Å²) in [6, 6.07) is 7.92. The Balaban J connectivity index is 2.36. The number of H-pyrrole nitrogens is 1. The van der Waals surface area contributed by atoms with Gasteiger partial charge in [-0.25, -0.2) is 13.5 Å². The third-order valence-corrected chi connectivity index (χ3v) is 5.57. The predicted molar refractivity (Wildman–Crippen MR) is 88.5 cm³/mol. The van der Waals surface area contributed by atoms with E-state index in [0.29, 0.717) is 0 Å². The molecule has 2 heterocycles. The Kier molecular flexibility index (Phi) is 4.12. The zero-order valence-electron chi connectivity index (χ0n) is 12.9. The summed E-state index contributed by atoms with van der Waals surface area (Å²) in [6.07, 6.45) is 1.30. The van der Waals surface area contributed by atoms with Gasteiger partial charge < -0.3 is 15.0 Å². The standard InChI is InChI=1S/C15H16N4O4S/c1-23-8-7-19-12-11(9-17-18-15(12)20)13(14(19)16)24(21,22)10-5-3-2-4-6-10/h2-6,9H,7-8,16H2,1H3,(H,18,20). The zero-order valence-corrected chi connectivity index (χ0v) is 13.7. The van der Waals surface area contributed by atoms with Gasteiger partial charge in [0.15, 0.2) is 0 Å². The van der Waals surface area contributed by atoms with E-state index in [1.54, 1.807) is 18.2 Å². The minimum absolute atomic E-state index is 0.00981. The van der Waals surface area contributed by atoms with Gasteiger partial charge in [-0.15, -0.1) is 0 Å². The third kappa shape index (κ3) is 2.47. The number of aromatic nitrogens is 3. The number of nitrogen functional groups attached to an aromatic ring is 1. The fourth-order valence-electron chi connectivity index (χ4n) is 2.62. The van der Waals surface area contributed by atoms with Gasteiger partial charge in [0.25, 0.3) is 5.56 Å². The molecule has 2 aromatic heterocycles. The van der Waals surface area contributed by atoms with Crippen LogP contribution in [0, 0.1) is 0 Å². The Labute approximate surface area is 137 Å². The number of hydrogen-bond acceptors (Lipinski definition) is 6. The molecule has 1 aromatic carbocycles. The van der Waals surface area contributed by atoms with E-state index in [1.165, 1.54) is 30.0 Å². The SMILES string of the molecule is COCCn1c(N)c(S(=O)(=O)c2ccccc2)c2cn[nH]c(=O)c21. The average Bonchev–Trinajstić information content (AvgIpc) is 2.87. The molecule has 0 amide bonds. The van der Waals surface area contributed by atoms with Gasteiger partial charge >= 0.3 is 0 Å². The van der Waals surface area contributed by atoms with Crippen LogP contribution in [0.4, 0.5) is 5.82 Å². The van der Waals surface area contributed by atoms with E-state index < -0.39 is 15.4 Å². The first-order valence-corrected chi connectivity index (χ1v) is 8.61. The topological polar surface area (TPSA) is 120 Å². The Hall–Kier alpha value is -2.65. The van der Waals surface area contributed by atoms with Crippen LogP contribution in [0.5, 0.6) is 0 Å². The number of hydrogen-bond donors (Lipinski definition) is 2. The van der Waals surface area contributed by atoms with Crippen LogP contribution in [0.15, 0.2) is 51.1 Å². The maximum absolute atomic E-state index is 13.0. The molecule has 0 atom stereocenters. The molecule has 3 rings (SSSR count). The number of sulfone groups is 1. The first kappa shape index (κ1) is 16.2. The van der Waals surface area contributed by atoms with Crippen molar-refractivity contribution in [3.63, 3.8) is 0 Å². The zero-order chi connectivity index (χ0) is 17.3. The molecule has 8 nitrogen and oxygen atoms in total. The van der Waals surface area contributed by atoms with Crippen molar-refractivity contribution in [3.8, 4) is 0 Å². The second-order valence-electron chi connectivity index (χ2n) is 5.14. The second-order valence-corrected chi connectivity index (χ2v) is 7.02. The molecule has 9 heteroatoms. The van der Waals surface area contributed by atoms with E-state index in [2.05, 4.69) is 10.2 Å². The number of nitrogens with one attached hydrogen (secondary N) is 1. The Bertz CT molecular complexity index is 1040. The van der Waals surface area contributed by atoms with Crippen LogP contribution in [0.1, 0.15) is 0 Å². The van der Waals surface area contributed by atoms with Crippen LogP contribution in [0.3, 0.4) is 0 Å². The van der Waals surface area contributed by atoms with Gasteiger partial charge in [0.2, 0.25) is 9.84 Å². The molecule has 3 N–H and O–H groups in total. The highest BCUT2D eigenvalue weighted by molar-refractivity contribution is 7.92. The van der Waals surface area contributed by atoms with Crippen LogP contribution < -0.4 is 11.3 Å². The maximum atomic E-state index is 13.0. The smallest absolute Gasteiger partial charge is 0.288 e. The number of fused-ring (bicyclic) bond motifs is 1. The molecule has 3 aromatic rings. The highest BCUT2D eigenvalue weighted by Gasteiger charge is 2.29. The van der Waals surface area contributed by atoms with Crippen molar-refractivity contribution >= 4 is 26.6 Å². The van der Waals surface area contributed by atoms with Crippen molar-refractivity contribution in [2.75, 3.05) is 19.5 Å². The summed E-state index contributed by atoms with van der Waals surface area (Å²) in [5.41, 5.74) is 5.75. The van der Waals surface area contributed by atoms with Crippen LogP contribution in [-0.2, 0) is 21.1 Å². The monoisotopic (exact) mass is 348 g/mol. The molecule has 0 spiro atoms. The highest BCUT2D eigenvalue weighted by Crippen LogP contribution is 2.34. The van der Waals surface area contributed by atoms with Crippen molar-refractivity contribution in [1.82, 2.24) is 14.8 Å². The van der Waals surface area contributed by atoms with E-state index in [4.69, 9.17) is 10.5 Å². The normalized spacial score (nSPS) is 11.9. The highest BCUT2D eigenvalue weighted by atomic mass is 32.2. The second kappa shape index (κ2) is 6.10. The number of methoxy groups -OCH3 is 1. The lowest BCUT2D eigenvalue weighted by atomic mass is 10.3. The van der Waals surface area contributed by atoms with Gasteiger partial charge in [-0.3, -0.25) is 4.79 Å². The van der Waals surface area contributed by atoms with Gasteiger partial charge in [-0.1, -0.05) is 18.2 Å². The van der Waals surface area contributed by atoms with E-state index in [0.717, 1.165) is 0 Å². The molecule has 126 valence electrons. The summed E-state index contributed by atoms with van der Waals surface area (Å²) in [7, 11) is -2.39. The molecule has 0 aliphatic carbocycles. The Morgan fingerprint density at radius 3 is 2.67 bits per heavy atom. The van der Waals surface area contributed by atoms with E-state index in [1.807, 2.05) is 0 Å². The largest absolute Gasteiger partial charge is 0.384 e. The molecule has 24 heavy (non-hydrogen) atoms. The van der Waals surface area contributed by atoms with E-state index in [9.17, 15) is 13.2 Å². The number of anilines is 1. The molecular weight excluding hydrogens is 332 g/mol. The summed E-state index contributed by atoms with van der Waals surface area (Å²) in [4.78, 5) is 12.1. The third-order valence-electron chi connectivity index (χ3n) is 3.71. The van der Waals surface area contributed by atoms with Gasteiger partial charge in [0.1, 0.15) is 16.2 Å². The minimum atomic E-state index is -3.90. The van der Waals surface area contributed by atoms with Crippen LogP contribution in [-0.4, -0.2) is 36.9 Å². The van der Waals surface area contributed by atoms with Crippen LogP contribution in [0.25, 0.3) is 10.9 Å². The number of aromatic amines is 1. The van der Waals surface area contributed by atoms with Crippen molar-refractivity contribution in [2.45, 2.75) is 16.3 Å². The fraction of sp³-hybridized carbons (Fsp3) is 0.200. The van der Waals surface area contributed by atoms with Gasteiger partial charge in [-0.05, 0) is 12.1 Å². The van der Waals surface area contributed by atoms with Crippen LogP contribution >= 0.6 is 0 Å². The molecule has 0 aliphatic rings. The molecule has 0 bridgehead atoms. The summed E-state index contributed by atoms with van der Waals surface area (Å²) in [5, 5.41) is 6.21. The average molecular weight is 348 g/mol. The number of rotatable bonds is 5. The van der Waals surface area contributed by atoms with Crippen LogP contribution in [0.2, 0.25) is 0 Å². The number of nitrogens with zero attached hydrogens (tertiary/aromatic N) is 2. The molecule has 0 aliphatic heterocycles. The predicted octanol–water partition coefficient (Wildman–Crippen LogP) is 0.786. The molecule has 0 saturated carbocycles. The molecule has 0 saturated heterocycles. The number of ether oxygens (including phenoxy) is 1. The van der Waals surface area contributed by atoms with Crippen molar-refractivity contribution in [3.05, 3.63) is 46.9 Å². The van der Waals surface area contributed by atoms with Gasteiger partial charge in [0.05, 0.1) is 17.7 Å². The fourth-order valence-corrected chi connectivity index (χ4v) is 4.20. The lowest BCUT2D eigenvalue weighted by Gasteiger charge is -2.07. The first-order chi connectivity index (χ1) is 11.5. The molecule has 0 radical (unpaired) electrons. The van der Waals surface area contributed by atoms with Crippen molar-refractivity contribution in [1.29, 1.82) is 0 Å². The summed E-state index contributed by atoms with van der Waals surface area (Å²) < 4.78 is 32.5. The van der Waals surface area contributed by atoms with Gasteiger partial charge in [-0.2, -0.15) is 5.10 Å². The number of nitrogens with two attached hydrogens (primary N) is 1. The summed E-state index contributed by atoms with van der Waals surface area (Å²) >= 11 is 0. The quantitative estimate of drug-likeness (QED) is 0.703. The van der Waals surface area contributed by atoms with E-state index >= 15 is 0 Å². The summed E-state index contributed by atoms with van der Waals surface area (Å²) in [5.74, 6) is -0.00981. The van der Waals surface area contributed by atoms with Crippen molar-refractivity contribution < 1.29 is 13.2 Å².